The Kier molecular flexibility index (Phi) is 1.82. The second kappa shape index (κ2) is 2.97. The van der Waals surface area contributed by atoms with Gasteiger partial charge in [-0.15, -0.1) is 0 Å². The van der Waals surface area contributed by atoms with Crippen molar-refractivity contribution in [2.75, 3.05) is 25.7 Å². The summed E-state index contributed by atoms with van der Waals surface area (Å²) >= 11 is 0. The average molecular weight is 205 g/mol. The fourth-order valence-electron chi connectivity index (χ4n) is 2.85. The molecule has 0 bridgehead atoms. The van der Waals surface area contributed by atoms with Crippen LogP contribution >= 0.6 is 0 Å². The summed E-state index contributed by atoms with van der Waals surface area (Å²) in [5.41, 5.74) is 2.24. The van der Waals surface area contributed by atoms with E-state index in [9.17, 15) is 0 Å². The molecule has 2 atom stereocenters. The molecule has 1 aromatic carbocycles. The standard InChI is InChI=1S/C12H15NO2/c1-13-10-6-4-3-5-9(10)12(14-2)7-8-15-11(12)13/h3-6,11H,7-8H2,1-2H3/t11-,12+/m0/s1. The van der Waals surface area contributed by atoms with Crippen molar-refractivity contribution in [1.29, 1.82) is 0 Å². The molecule has 2 aliphatic rings. The van der Waals surface area contributed by atoms with Gasteiger partial charge in [0, 0.05) is 31.8 Å². The maximum absolute atomic E-state index is 5.77. The summed E-state index contributed by atoms with van der Waals surface area (Å²) in [5, 5.41) is 0. The van der Waals surface area contributed by atoms with Crippen LogP contribution in [0, 0.1) is 0 Å². The average Bonchev–Trinajstić information content (AvgIpc) is 2.80. The Hall–Kier alpha value is -1.06. The number of nitrogens with zero attached hydrogens (tertiary/aromatic N) is 1. The van der Waals surface area contributed by atoms with Gasteiger partial charge >= 0.3 is 0 Å². The summed E-state index contributed by atoms with van der Waals surface area (Å²) in [6.45, 7) is 0.775. The van der Waals surface area contributed by atoms with Gasteiger partial charge in [0.15, 0.2) is 6.23 Å². The zero-order valence-corrected chi connectivity index (χ0v) is 9.06. The molecule has 0 amide bonds. The first-order chi connectivity index (χ1) is 7.29. The van der Waals surface area contributed by atoms with Gasteiger partial charge in [0.1, 0.15) is 5.60 Å². The summed E-state index contributed by atoms with van der Waals surface area (Å²) in [7, 11) is 3.84. The van der Waals surface area contributed by atoms with E-state index in [4.69, 9.17) is 9.47 Å². The van der Waals surface area contributed by atoms with Crippen molar-refractivity contribution >= 4 is 5.69 Å². The van der Waals surface area contributed by atoms with Gasteiger partial charge in [-0.05, 0) is 6.07 Å². The van der Waals surface area contributed by atoms with Crippen LogP contribution in [-0.4, -0.2) is 27.0 Å². The maximum Gasteiger partial charge on any atom is 0.163 e. The highest BCUT2D eigenvalue weighted by molar-refractivity contribution is 5.62. The first kappa shape index (κ1) is 9.19. The second-order valence-corrected chi connectivity index (χ2v) is 4.19. The fraction of sp³-hybridized carbons (Fsp3) is 0.500. The molecule has 1 aromatic rings. The van der Waals surface area contributed by atoms with Crippen LogP contribution in [0.4, 0.5) is 5.69 Å². The van der Waals surface area contributed by atoms with E-state index in [0.717, 1.165) is 13.0 Å². The highest BCUT2D eigenvalue weighted by atomic mass is 16.6. The van der Waals surface area contributed by atoms with Crippen molar-refractivity contribution in [3.8, 4) is 0 Å². The minimum Gasteiger partial charge on any atom is -0.369 e. The van der Waals surface area contributed by atoms with Crippen LogP contribution in [0.5, 0.6) is 0 Å². The molecule has 3 heteroatoms. The van der Waals surface area contributed by atoms with E-state index < -0.39 is 0 Å². The van der Waals surface area contributed by atoms with E-state index in [2.05, 4.69) is 36.2 Å². The van der Waals surface area contributed by atoms with Gasteiger partial charge in [0.25, 0.3) is 0 Å². The van der Waals surface area contributed by atoms with Crippen molar-refractivity contribution < 1.29 is 9.47 Å². The number of benzene rings is 1. The van der Waals surface area contributed by atoms with Crippen LogP contribution in [0.3, 0.4) is 0 Å². The van der Waals surface area contributed by atoms with Gasteiger partial charge in [-0.2, -0.15) is 0 Å². The number of hydrogen-bond donors (Lipinski definition) is 0. The minimum atomic E-state index is -0.245. The van der Waals surface area contributed by atoms with Crippen molar-refractivity contribution in [2.24, 2.45) is 0 Å². The lowest BCUT2D eigenvalue weighted by atomic mass is 9.93. The zero-order valence-electron chi connectivity index (χ0n) is 9.06. The van der Waals surface area contributed by atoms with E-state index >= 15 is 0 Å². The van der Waals surface area contributed by atoms with Gasteiger partial charge < -0.3 is 14.4 Å². The zero-order chi connectivity index (χ0) is 10.5. The van der Waals surface area contributed by atoms with Crippen molar-refractivity contribution in [3.05, 3.63) is 29.8 Å². The number of likely N-dealkylation sites (N-methyl/N-ethyl adjacent to an activating group) is 1. The van der Waals surface area contributed by atoms with E-state index in [1.54, 1.807) is 7.11 Å². The molecule has 0 aliphatic carbocycles. The summed E-state index contributed by atoms with van der Waals surface area (Å²) < 4.78 is 11.5. The van der Waals surface area contributed by atoms with Gasteiger partial charge in [-0.1, -0.05) is 18.2 Å². The van der Waals surface area contributed by atoms with E-state index in [1.165, 1.54) is 11.3 Å². The Balaban J connectivity index is 2.20. The summed E-state index contributed by atoms with van der Waals surface area (Å²) in [6, 6.07) is 8.38. The molecule has 0 aromatic heterocycles. The molecule has 1 fully saturated rings. The van der Waals surface area contributed by atoms with Crippen molar-refractivity contribution in [1.82, 2.24) is 0 Å². The largest absolute Gasteiger partial charge is 0.369 e. The Morgan fingerprint density at radius 2 is 2.27 bits per heavy atom. The molecule has 0 N–H and O–H groups in total. The quantitative estimate of drug-likeness (QED) is 0.697. The molecular formula is C12H15NO2. The number of methoxy groups -OCH3 is 1. The monoisotopic (exact) mass is 205 g/mol. The lowest BCUT2D eigenvalue weighted by Gasteiger charge is -2.28. The molecular weight excluding hydrogens is 190 g/mol. The first-order valence-electron chi connectivity index (χ1n) is 5.29. The maximum atomic E-state index is 5.77. The Morgan fingerprint density at radius 3 is 3.07 bits per heavy atom. The molecule has 0 radical (unpaired) electrons. The predicted octanol–water partition coefficient (Wildman–Crippen LogP) is 1.72. The molecule has 0 spiro atoms. The Bertz CT molecular complexity index is 393. The summed E-state index contributed by atoms with van der Waals surface area (Å²) in [4.78, 5) is 2.17. The number of hydrogen-bond acceptors (Lipinski definition) is 3. The number of anilines is 1. The topological polar surface area (TPSA) is 21.7 Å². The predicted molar refractivity (Wildman–Crippen MR) is 57.9 cm³/mol. The summed E-state index contributed by atoms with van der Waals surface area (Å²) in [6.07, 6.45) is 0.982. The second-order valence-electron chi connectivity index (χ2n) is 4.19. The van der Waals surface area contributed by atoms with Crippen LogP contribution in [0.25, 0.3) is 0 Å². The van der Waals surface area contributed by atoms with Crippen LogP contribution in [0.15, 0.2) is 24.3 Å². The van der Waals surface area contributed by atoms with Crippen molar-refractivity contribution in [2.45, 2.75) is 18.2 Å². The van der Waals surface area contributed by atoms with Crippen LogP contribution < -0.4 is 4.90 Å². The third-order valence-electron chi connectivity index (χ3n) is 3.60. The highest BCUT2D eigenvalue weighted by Crippen LogP contribution is 2.50. The Labute approximate surface area is 89.6 Å². The molecule has 3 nitrogen and oxygen atoms in total. The minimum absolute atomic E-state index is 0.0416. The molecule has 1 saturated heterocycles. The van der Waals surface area contributed by atoms with Gasteiger partial charge in [-0.3, -0.25) is 0 Å². The molecule has 3 rings (SSSR count). The fourth-order valence-corrected chi connectivity index (χ4v) is 2.85. The van der Waals surface area contributed by atoms with E-state index in [1.807, 2.05) is 0 Å². The lowest BCUT2D eigenvalue weighted by molar-refractivity contribution is -0.0611. The van der Waals surface area contributed by atoms with Gasteiger partial charge in [0.05, 0.1) is 6.61 Å². The molecule has 0 saturated carbocycles. The molecule has 2 aliphatic heterocycles. The molecule has 15 heavy (non-hydrogen) atoms. The van der Waals surface area contributed by atoms with Gasteiger partial charge in [-0.25, -0.2) is 0 Å². The number of ether oxygens (including phenoxy) is 2. The van der Waals surface area contributed by atoms with Crippen molar-refractivity contribution in [3.63, 3.8) is 0 Å². The third kappa shape index (κ3) is 0.971. The van der Waals surface area contributed by atoms with Gasteiger partial charge in [0.2, 0.25) is 0 Å². The number of para-hydroxylation sites is 1. The number of rotatable bonds is 1. The van der Waals surface area contributed by atoms with E-state index in [-0.39, 0.29) is 11.8 Å². The van der Waals surface area contributed by atoms with Crippen LogP contribution in [0.2, 0.25) is 0 Å². The third-order valence-corrected chi connectivity index (χ3v) is 3.60. The lowest BCUT2D eigenvalue weighted by Crippen LogP contribution is -2.41. The number of fused-ring (bicyclic) bond motifs is 3. The SMILES string of the molecule is CO[C@@]12CCO[C@@H]1N(C)c1ccccc12. The first-order valence-corrected chi connectivity index (χ1v) is 5.29. The van der Waals surface area contributed by atoms with Crippen LogP contribution in [-0.2, 0) is 15.1 Å². The smallest absolute Gasteiger partial charge is 0.163 e. The summed E-state index contributed by atoms with van der Waals surface area (Å²) in [5.74, 6) is 0. The molecule has 0 unspecified atom stereocenters. The van der Waals surface area contributed by atoms with E-state index in [0.29, 0.717) is 0 Å². The highest BCUT2D eigenvalue weighted by Gasteiger charge is 2.54. The molecule has 80 valence electrons. The van der Waals surface area contributed by atoms with Crippen LogP contribution in [0.1, 0.15) is 12.0 Å². The Morgan fingerprint density at radius 1 is 1.47 bits per heavy atom. The molecule has 2 heterocycles. The normalized spacial score (nSPS) is 32.9.